The van der Waals surface area contributed by atoms with Gasteiger partial charge in [0, 0.05) is 25.2 Å². The lowest BCUT2D eigenvalue weighted by Gasteiger charge is -2.22. The minimum atomic E-state index is 0.831. The molecule has 0 N–H and O–H groups in total. The molecular formula is C22H20N2S2. The smallest absolute Gasteiger partial charge is 0.116 e. The van der Waals surface area contributed by atoms with Crippen molar-refractivity contribution >= 4 is 45.8 Å². The van der Waals surface area contributed by atoms with Gasteiger partial charge in [-0.1, -0.05) is 84.1 Å². The van der Waals surface area contributed by atoms with Gasteiger partial charge in [0.1, 0.15) is 9.98 Å². The molecule has 4 heteroatoms. The Labute approximate surface area is 165 Å². The second kappa shape index (κ2) is 6.15. The molecule has 0 saturated carbocycles. The lowest BCUT2D eigenvalue weighted by atomic mass is 10.0. The van der Waals surface area contributed by atoms with Crippen LogP contribution in [0.4, 0.5) is 0 Å². The molecule has 0 aliphatic carbocycles. The molecule has 0 bridgehead atoms. The Morgan fingerprint density at radius 2 is 0.885 bits per heavy atom. The number of aryl methyl sites for hydroxylation is 2. The van der Waals surface area contributed by atoms with Crippen LogP contribution < -0.4 is 0 Å². The van der Waals surface area contributed by atoms with Crippen molar-refractivity contribution in [3.05, 3.63) is 81.9 Å². The maximum Gasteiger partial charge on any atom is 0.116 e. The maximum absolute atomic E-state index is 5.83. The summed E-state index contributed by atoms with van der Waals surface area (Å²) in [5.41, 5.74) is 9.13. The number of rotatable bonds is 2. The predicted octanol–water partition coefficient (Wildman–Crippen LogP) is 4.97. The van der Waals surface area contributed by atoms with Gasteiger partial charge in [-0.25, -0.2) is 0 Å². The molecule has 4 rings (SSSR count). The van der Waals surface area contributed by atoms with Crippen LogP contribution in [0.25, 0.3) is 11.4 Å². The number of likely N-dealkylation sites (N-methyl/N-ethyl adjacent to an activating group) is 2. The van der Waals surface area contributed by atoms with Gasteiger partial charge in [-0.15, -0.1) is 0 Å². The van der Waals surface area contributed by atoms with Crippen LogP contribution in [0.15, 0.2) is 59.7 Å². The van der Waals surface area contributed by atoms with Crippen molar-refractivity contribution in [2.24, 2.45) is 0 Å². The van der Waals surface area contributed by atoms with Gasteiger partial charge in [-0.05, 0) is 25.0 Å². The van der Waals surface area contributed by atoms with Gasteiger partial charge in [-0.2, -0.15) is 0 Å². The summed E-state index contributed by atoms with van der Waals surface area (Å²) in [6.45, 7) is 4.19. The van der Waals surface area contributed by atoms with Gasteiger partial charge in [-0.3, -0.25) is 0 Å². The number of benzene rings is 2. The summed E-state index contributed by atoms with van der Waals surface area (Å²) < 4.78 is 0. The summed E-state index contributed by atoms with van der Waals surface area (Å²) in [4.78, 5) is 5.85. The Kier molecular flexibility index (Phi) is 4.05. The van der Waals surface area contributed by atoms with Crippen molar-refractivity contribution in [3.8, 4) is 0 Å². The first kappa shape index (κ1) is 17.1. The average Bonchev–Trinajstić information content (AvgIpc) is 3.03. The van der Waals surface area contributed by atoms with E-state index in [-0.39, 0.29) is 0 Å². The predicted molar refractivity (Wildman–Crippen MR) is 117 cm³/mol. The van der Waals surface area contributed by atoms with Crippen molar-refractivity contribution in [1.82, 2.24) is 9.80 Å². The third kappa shape index (κ3) is 2.44. The first-order chi connectivity index (χ1) is 12.4. The second-order valence-corrected chi connectivity index (χ2v) is 7.68. The normalized spacial score (nSPS) is 16.9. The van der Waals surface area contributed by atoms with Gasteiger partial charge < -0.3 is 9.80 Å². The van der Waals surface area contributed by atoms with Gasteiger partial charge in [0.05, 0.1) is 11.4 Å². The monoisotopic (exact) mass is 376 g/mol. The Morgan fingerprint density at radius 1 is 0.577 bits per heavy atom. The van der Waals surface area contributed by atoms with Crippen LogP contribution in [0.5, 0.6) is 0 Å². The molecular weight excluding hydrogens is 356 g/mol. The largest absolute Gasteiger partial charge is 0.334 e. The van der Waals surface area contributed by atoms with Gasteiger partial charge >= 0.3 is 0 Å². The fourth-order valence-electron chi connectivity index (χ4n) is 3.63. The van der Waals surface area contributed by atoms with Crippen LogP contribution in [0.1, 0.15) is 22.3 Å². The first-order valence-electron chi connectivity index (χ1n) is 8.59. The molecule has 0 saturated heterocycles. The van der Waals surface area contributed by atoms with Crippen LogP contribution >= 0.6 is 24.4 Å². The summed E-state index contributed by atoms with van der Waals surface area (Å²) in [7, 11) is 4.07. The molecule has 0 unspecified atom stereocenters. The molecule has 0 amide bonds. The Hall–Kier alpha value is -2.30. The topological polar surface area (TPSA) is 6.48 Å². The van der Waals surface area contributed by atoms with E-state index in [2.05, 4.69) is 72.2 Å². The third-order valence-corrected chi connectivity index (χ3v) is 6.04. The summed E-state index contributed by atoms with van der Waals surface area (Å²) in [5.74, 6) is 0. The summed E-state index contributed by atoms with van der Waals surface area (Å²) >= 11 is 11.7. The minimum Gasteiger partial charge on any atom is -0.334 e. The van der Waals surface area contributed by atoms with Crippen LogP contribution in [-0.4, -0.2) is 33.9 Å². The standard InChI is InChI=1S/C22H20N2S2/c1-13-5-9-15(10-6-13)19-17-18(22(26)23(19)3)20(24(4)21(17)25)16-11-7-14(2)8-12-16/h5-12H,1-4H3. The van der Waals surface area contributed by atoms with E-state index >= 15 is 0 Å². The molecule has 2 nitrogen and oxygen atoms in total. The fraction of sp³-hybridized carbons (Fsp3) is 0.182. The van der Waals surface area contributed by atoms with E-state index in [9.17, 15) is 0 Å². The average molecular weight is 377 g/mol. The summed E-state index contributed by atoms with van der Waals surface area (Å²) in [6, 6.07) is 17.1. The van der Waals surface area contributed by atoms with Crippen molar-refractivity contribution in [2.45, 2.75) is 13.8 Å². The van der Waals surface area contributed by atoms with Crippen LogP contribution in [0, 0.1) is 13.8 Å². The summed E-state index contributed by atoms with van der Waals surface area (Å²) in [5, 5.41) is 0. The highest BCUT2D eigenvalue weighted by Crippen LogP contribution is 2.46. The van der Waals surface area contributed by atoms with Crippen molar-refractivity contribution in [2.75, 3.05) is 14.1 Å². The lowest BCUT2D eigenvalue weighted by Crippen LogP contribution is -2.23. The zero-order valence-corrected chi connectivity index (χ0v) is 17.0. The molecule has 2 aromatic carbocycles. The summed E-state index contributed by atoms with van der Waals surface area (Å²) in [6.07, 6.45) is 0. The van der Waals surface area contributed by atoms with Gasteiger partial charge in [0.15, 0.2) is 0 Å². The highest BCUT2D eigenvalue weighted by molar-refractivity contribution is 7.81. The lowest BCUT2D eigenvalue weighted by molar-refractivity contribution is 0.726. The fourth-order valence-corrected chi connectivity index (χ4v) is 4.21. The zero-order chi connectivity index (χ0) is 18.6. The van der Waals surface area contributed by atoms with E-state index in [1.54, 1.807) is 0 Å². The number of thiocarbonyl (C=S) groups is 2. The van der Waals surface area contributed by atoms with Crippen LogP contribution in [0.2, 0.25) is 0 Å². The van der Waals surface area contributed by atoms with Crippen LogP contribution in [0.3, 0.4) is 0 Å². The molecule has 0 radical (unpaired) electrons. The molecule has 26 heavy (non-hydrogen) atoms. The number of hydrogen-bond acceptors (Lipinski definition) is 2. The van der Waals surface area contributed by atoms with Crippen molar-refractivity contribution < 1.29 is 0 Å². The molecule has 2 heterocycles. The van der Waals surface area contributed by atoms with E-state index in [1.807, 2.05) is 14.1 Å². The van der Waals surface area contributed by atoms with E-state index in [0.29, 0.717) is 0 Å². The third-order valence-electron chi connectivity index (χ3n) is 5.08. The minimum absolute atomic E-state index is 0.831. The molecule has 130 valence electrons. The highest BCUT2D eigenvalue weighted by atomic mass is 32.1. The quantitative estimate of drug-likeness (QED) is 0.682. The molecule has 0 aromatic heterocycles. The molecule has 2 aliphatic heterocycles. The highest BCUT2D eigenvalue weighted by Gasteiger charge is 2.42. The number of fused-ring (bicyclic) bond motifs is 1. The molecule has 0 fully saturated rings. The first-order valence-corrected chi connectivity index (χ1v) is 9.41. The maximum atomic E-state index is 5.83. The Balaban J connectivity index is 1.97. The van der Waals surface area contributed by atoms with Gasteiger partial charge in [0.2, 0.25) is 0 Å². The van der Waals surface area contributed by atoms with E-state index in [4.69, 9.17) is 24.4 Å². The van der Waals surface area contributed by atoms with E-state index in [0.717, 1.165) is 43.6 Å². The van der Waals surface area contributed by atoms with E-state index in [1.165, 1.54) is 11.1 Å². The van der Waals surface area contributed by atoms with Gasteiger partial charge in [0.25, 0.3) is 0 Å². The zero-order valence-electron chi connectivity index (χ0n) is 15.3. The molecule has 0 atom stereocenters. The van der Waals surface area contributed by atoms with Crippen molar-refractivity contribution in [1.29, 1.82) is 0 Å². The Morgan fingerprint density at radius 3 is 1.19 bits per heavy atom. The Bertz CT molecular complexity index is 912. The number of nitrogens with zero attached hydrogens (tertiary/aromatic N) is 2. The van der Waals surface area contributed by atoms with Crippen LogP contribution in [-0.2, 0) is 0 Å². The second-order valence-electron chi connectivity index (χ2n) is 6.91. The molecule has 2 aromatic rings. The van der Waals surface area contributed by atoms with E-state index < -0.39 is 0 Å². The molecule has 0 spiro atoms. The SMILES string of the molecule is Cc1ccc(C2=C3C(=S)N(C)C(c4ccc(C)cc4)=C3C(=S)N2C)cc1. The number of hydrogen-bond donors (Lipinski definition) is 0. The van der Waals surface area contributed by atoms with Crippen molar-refractivity contribution in [3.63, 3.8) is 0 Å². The molecule has 2 aliphatic rings.